The van der Waals surface area contributed by atoms with Crippen LogP contribution in [0, 0.1) is 0 Å². The smallest absolute Gasteiger partial charge is 0.226 e. The summed E-state index contributed by atoms with van der Waals surface area (Å²) in [6.07, 6.45) is 2.01. The molecule has 0 bridgehead atoms. The molecule has 1 fully saturated rings. The van der Waals surface area contributed by atoms with E-state index in [1.807, 2.05) is 5.38 Å². The van der Waals surface area contributed by atoms with Crippen LogP contribution < -0.4 is 11.1 Å². The largest absolute Gasteiger partial charge is 0.381 e. The minimum atomic E-state index is -0.142. The lowest BCUT2D eigenvalue weighted by molar-refractivity contribution is -0.123. The van der Waals surface area contributed by atoms with E-state index in [0.717, 1.165) is 18.5 Å². The van der Waals surface area contributed by atoms with Crippen LogP contribution >= 0.6 is 11.3 Å². The number of amides is 1. The van der Waals surface area contributed by atoms with Crippen molar-refractivity contribution in [3.63, 3.8) is 0 Å². The maximum absolute atomic E-state index is 11.9. The first kappa shape index (κ1) is 12.3. The number of anilines is 1. The molecule has 17 heavy (non-hydrogen) atoms. The van der Waals surface area contributed by atoms with E-state index in [1.54, 1.807) is 0 Å². The fourth-order valence-corrected chi connectivity index (χ4v) is 2.46. The highest BCUT2D eigenvalue weighted by molar-refractivity contribution is 7.13. The first-order chi connectivity index (χ1) is 8.07. The van der Waals surface area contributed by atoms with Crippen molar-refractivity contribution in [1.29, 1.82) is 0 Å². The number of hydrogen-bond donors (Lipinski definition) is 2. The van der Waals surface area contributed by atoms with Crippen LogP contribution in [0.1, 0.15) is 25.5 Å². The summed E-state index contributed by atoms with van der Waals surface area (Å²) in [5.74, 6) is -0.000278. The molecular weight excluding hydrogens is 238 g/mol. The average molecular weight is 255 g/mol. The number of nitrogens with zero attached hydrogens (tertiary/aromatic N) is 1. The van der Waals surface area contributed by atoms with E-state index in [1.165, 1.54) is 11.3 Å². The Hall–Kier alpha value is -1.14. The third-order valence-corrected chi connectivity index (χ3v) is 3.67. The van der Waals surface area contributed by atoms with Gasteiger partial charge in [0, 0.05) is 24.1 Å². The molecule has 0 radical (unpaired) electrons. The van der Waals surface area contributed by atoms with Crippen molar-refractivity contribution in [3.05, 3.63) is 11.1 Å². The summed E-state index contributed by atoms with van der Waals surface area (Å²) in [6, 6.07) is 0. The number of aromatic nitrogens is 1. The van der Waals surface area contributed by atoms with Gasteiger partial charge in [0.05, 0.1) is 12.1 Å². The third-order valence-electron chi connectivity index (χ3n) is 2.95. The second-order valence-electron chi connectivity index (χ2n) is 4.58. The summed E-state index contributed by atoms with van der Waals surface area (Å²) in [5, 5.41) is 5.38. The molecule has 3 N–H and O–H groups in total. The van der Waals surface area contributed by atoms with Crippen molar-refractivity contribution in [2.45, 2.75) is 31.7 Å². The Bertz CT molecular complexity index is 399. The Morgan fingerprint density at radius 1 is 1.65 bits per heavy atom. The first-order valence-electron chi connectivity index (χ1n) is 5.66. The van der Waals surface area contributed by atoms with Gasteiger partial charge in [-0.1, -0.05) is 0 Å². The zero-order valence-corrected chi connectivity index (χ0v) is 10.7. The third kappa shape index (κ3) is 3.41. The fraction of sp³-hybridized carbons (Fsp3) is 0.636. The number of ether oxygens (including phenoxy) is 1. The van der Waals surface area contributed by atoms with Gasteiger partial charge in [0.25, 0.3) is 0 Å². The maximum atomic E-state index is 11.9. The van der Waals surface area contributed by atoms with Gasteiger partial charge in [0.1, 0.15) is 0 Å². The highest BCUT2D eigenvalue weighted by Crippen LogP contribution is 2.20. The molecule has 2 heterocycles. The van der Waals surface area contributed by atoms with Crippen molar-refractivity contribution in [2.24, 2.45) is 0 Å². The molecular formula is C11H17N3O2S. The van der Waals surface area contributed by atoms with Crippen LogP contribution in [0.25, 0.3) is 0 Å². The molecule has 0 saturated carbocycles. The molecule has 6 heteroatoms. The molecule has 0 aliphatic carbocycles. The molecule has 1 aromatic rings. The van der Waals surface area contributed by atoms with Crippen LogP contribution in [0.4, 0.5) is 5.13 Å². The van der Waals surface area contributed by atoms with Gasteiger partial charge in [0.2, 0.25) is 5.91 Å². The Morgan fingerprint density at radius 3 is 2.94 bits per heavy atom. The van der Waals surface area contributed by atoms with Crippen molar-refractivity contribution >= 4 is 22.4 Å². The zero-order valence-electron chi connectivity index (χ0n) is 9.86. The molecule has 94 valence electrons. The Morgan fingerprint density at radius 2 is 2.35 bits per heavy atom. The van der Waals surface area contributed by atoms with Crippen molar-refractivity contribution in [2.75, 3.05) is 18.9 Å². The summed E-state index contributed by atoms with van der Waals surface area (Å²) in [7, 11) is 0. The predicted molar refractivity (Wildman–Crippen MR) is 66.8 cm³/mol. The van der Waals surface area contributed by atoms with Gasteiger partial charge in [-0.05, 0) is 19.8 Å². The summed E-state index contributed by atoms with van der Waals surface area (Å²) >= 11 is 1.36. The Balaban J connectivity index is 1.88. The summed E-state index contributed by atoms with van der Waals surface area (Å²) in [4.78, 5) is 15.9. The van der Waals surface area contributed by atoms with E-state index in [0.29, 0.717) is 24.8 Å². The van der Waals surface area contributed by atoms with E-state index in [9.17, 15) is 4.79 Å². The van der Waals surface area contributed by atoms with Crippen molar-refractivity contribution < 1.29 is 9.53 Å². The van der Waals surface area contributed by atoms with E-state index >= 15 is 0 Å². The van der Waals surface area contributed by atoms with Gasteiger partial charge in [-0.25, -0.2) is 4.98 Å². The minimum absolute atomic E-state index is 0.000278. The SMILES string of the molecule is CC1(NC(=O)Cc2csc(N)n2)CCOCC1. The molecule has 0 atom stereocenters. The molecule has 0 aromatic carbocycles. The lowest BCUT2D eigenvalue weighted by atomic mass is 9.92. The molecule has 0 spiro atoms. The highest BCUT2D eigenvalue weighted by Gasteiger charge is 2.28. The second-order valence-corrected chi connectivity index (χ2v) is 5.46. The number of hydrogen-bond acceptors (Lipinski definition) is 5. The topological polar surface area (TPSA) is 77.2 Å². The number of nitrogens with one attached hydrogen (secondary N) is 1. The summed E-state index contributed by atoms with van der Waals surface area (Å²) in [5.41, 5.74) is 6.12. The molecule has 1 saturated heterocycles. The normalized spacial score (nSPS) is 18.9. The van der Waals surface area contributed by atoms with Gasteiger partial charge in [0.15, 0.2) is 5.13 Å². The Kier molecular flexibility index (Phi) is 3.63. The fourth-order valence-electron chi connectivity index (χ4n) is 1.90. The second kappa shape index (κ2) is 5.01. The van der Waals surface area contributed by atoms with Crippen LogP contribution in [-0.2, 0) is 16.0 Å². The van der Waals surface area contributed by atoms with Gasteiger partial charge in [-0.2, -0.15) is 0 Å². The summed E-state index contributed by atoms with van der Waals surface area (Å²) in [6.45, 7) is 3.48. The minimum Gasteiger partial charge on any atom is -0.381 e. The Labute approximate surface area is 104 Å². The molecule has 1 aliphatic rings. The van der Waals surface area contributed by atoms with Crippen molar-refractivity contribution in [1.82, 2.24) is 10.3 Å². The monoisotopic (exact) mass is 255 g/mol. The average Bonchev–Trinajstić information content (AvgIpc) is 2.63. The molecule has 1 amide bonds. The number of nitrogen functional groups attached to an aromatic ring is 1. The van der Waals surface area contributed by atoms with E-state index < -0.39 is 0 Å². The van der Waals surface area contributed by atoms with Gasteiger partial charge < -0.3 is 15.8 Å². The van der Waals surface area contributed by atoms with Crippen LogP contribution in [0.2, 0.25) is 0 Å². The van der Waals surface area contributed by atoms with E-state index in [4.69, 9.17) is 10.5 Å². The van der Waals surface area contributed by atoms with Crippen LogP contribution in [-0.4, -0.2) is 29.6 Å². The van der Waals surface area contributed by atoms with E-state index in [-0.39, 0.29) is 11.4 Å². The van der Waals surface area contributed by atoms with Gasteiger partial charge in [-0.15, -0.1) is 11.3 Å². The first-order valence-corrected chi connectivity index (χ1v) is 6.54. The standard InChI is InChI=1S/C11H17N3O2S/c1-11(2-4-16-5-3-11)14-9(15)6-8-7-17-10(12)13-8/h7H,2-6H2,1H3,(H2,12,13)(H,14,15). The van der Waals surface area contributed by atoms with E-state index in [2.05, 4.69) is 17.2 Å². The molecule has 1 aliphatic heterocycles. The maximum Gasteiger partial charge on any atom is 0.226 e. The predicted octanol–water partition coefficient (Wildman–Crippen LogP) is 0.953. The number of carbonyl (C=O) groups excluding carboxylic acids is 1. The summed E-state index contributed by atoms with van der Waals surface area (Å²) < 4.78 is 5.29. The lowest BCUT2D eigenvalue weighted by Crippen LogP contribution is -2.50. The van der Waals surface area contributed by atoms with Crippen LogP contribution in [0.5, 0.6) is 0 Å². The van der Waals surface area contributed by atoms with Gasteiger partial charge in [-0.3, -0.25) is 4.79 Å². The molecule has 5 nitrogen and oxygen atoms in total. The number of carbonyl (C=O) groups is 1. The molecule has 1 aromatic heterocycles. The van der Waals surface area contributed by atoms with Crippen molar-refractivity contribution in [3.8, 4) is 0 Å². The molecule has 2 rings (SSSR count). The number of rotatable bonds is 3. The highest BCUT2D eigenvalue weighted by atomic mass is 32.1. The van der Waals surface area contributed by atoms with Gasteiger partial charge >= 0.3 is 0 Å². The zero-order chi connectivity index (χ0) is 12.3. The van der Waals surface area contributed by atoms with Crippen LogP contribution in [0.3, 0.4) is 0 Å². The molecule has 0 unspecified atom stereocenters. The van der Waals surface area contributed by atoms with Crippen LogP contribution in [0.15, 0.2) is 5.38 Å². The number of nitrogens with two attached hydrogens (primary N) is 1. The lowest BCUT2D eigenvalue weighted by Gasteiger charge is -2.34. The number of thiazole rings is 1. The quantitative estimate of drug-likeness (QED) is 0.843.